The number of halogens is 1. The molecule has 0 amide bonds. The van der Waals surface area contributed by atoms with Gasteiger partial charge in [-0.05, 0) is 25.6 Å². The predicted octanol–water partition coefficient (Wildman–Crippen LogP) is 2.31. The molecule has 1 aromatic rings. The lowest BCUT2D eigenvalue weighted by Crippen LogP contribution is -2.20. The topological polar surface area (TPSA) is 38.3 Å². The van der Waals surface area contributed by atoms with E-state index in [0.29, 0.717) is 22.9 Å². The van der Waals surface area contributed by atoms with Gasteiger partial charge in [-0.3, -0.25) is 4.79 Å². The Morgan fingerprint density at radius 2 is 2.19 bits per heavy atom. The molecule has 0 radical (unpaired) electrons. The number of carbonyl (C=O) groups is 1. The van der Waals surface area contributed by atoms with E-state index in [9.17, 15) is 4.79 Å². The molecule has 88 valence electrons. The van der Waals surface area contributed by atoms with Crippen LogP contribution < -0.4 is 10.1 Å². The maximum Gasteiger partial charge on any atom is 0.177 e. The number of nitrogens with one attached hydrogen (secondary N) is 1. The molecule has 0 aliphatic rings. The van der Waals surface area contributed by atoms with E-state index in [1.807, 2.05) is 6.92 Å². The van der Waals surface area contributed by atoms with Crippen LogP contribution in [0.4, 0.5) is 0 Å². The van der Waals surface area contributed by atoms with Crippen LogP contribution in [0, 0.1) is 0 Å². The fourth-order valence-corrected chi connectivity index (χ4v) is 1.87. The molecule has 0 saturated carbocycles. The summed E-state index contributed by atoms with van der Waals surface area (Å²) < 4.78 is 5.23. The molecular weight excluding hydrogens is 226 g/mol. The predicted molar refractivity (Wildman–Crippen MR) is 65.6 cm³/mol. The van der Waals surface area contributed by atoms with Gasteiger partial charge < -0.3 is 10.1 Å². The molecule has 0 heterocycles. The highest BCUT2D eigenvalue weighted by Gasteiger charge is 2.15. The number of ketones is 1. The molecule has 1 aromatic carbocycles. The Labute approximate surface area is 101 Å². The molecule has 0 fully saturated rings. The molecule has 3 nitrogen and oxygen atoms in total. The standard InChI is InChI=1S/C12H16ClNO2/c1-4-9-10(11(15)7-14-2)5-8(13)6-12(9)16-3/h5-6,14H,4,7H2,1-3H3. The van der Waals surface area contributed by atoms with Crippen molar-refractivity contribution in [2.24, 2.45) is 0 Å². The molecule has 1 rings (SSSR count). The zero-order chi connectivity index (χ0) is 12.1. The van der Waals surface area contributed by atoms with E-state index in [4.69, 9.17) is 16.3 Å². The minimum Gasteiger partial charge on any atom is -0.496 e. The van der Waals surface area contributed by atoms with Gasteiger partial charge in [-0.1, -0.05) is 18.5 Å². The zero-order valence-corrected chi connectivity index (χ0v) is 10.5. The average Bonchev–Trinajstić information content (AvgIpc) is 2.28. The lowest BCUT2D eigenvalue weighted by atomic mass is 10.0. The molecule has 1 N–H and O–H groups in total. The minimum atomic E-state index is 0.0279. The van der Waals surface area contributed by atoms with Crippen LogP contribution in [0.25, 0.3) is 0 Å². The Hall–Kier alpha value is -1.06. The van der Waals surface area contributed by atoms with Gasteiger partial charge in [-0.15, -0.1) is 0 Å². The molecule has 0 aliphatic carbocycles. The van der Waals surface area contributed by atoms with Crippen LogP contribution in [0.3, 0.4) is 0 Å². The van der Waals surface area contributed by atoms with Gasteiger partial charge in [-0.2, -0.15) is 0 Å². The second-order valence-corrected chi connectivity index (χ2v) is 3.88. The van der Waals surface area contributed by atoms with Gasteiger partial charge in [0.2, 0.25) is 0 Å². The summed E-state index contributed by atoms with van der Waals surface area (Å²) in [7, 11) is 3.32. The van der Waals surface area contributed by atoms with Crippen molar-refractivity contribution in [1.29, 1.82) is 0 Å². The van der Waals surface area contributed by atoms with Crippen molar-refractivity contribution in [3.63, 3.8) is 0 Å². The maximum absolute atomic E-state index is 11.9. The van der Waals surface area contributed by atoms with Crippen LogP contribution in [-0.2, 0) is 6.42 Å². The van der Waals surface area contributed by atoms with Crippen LogP contribution in [-0.4, -0.2) is 26.5 Å². The number of likely N-dealkylation sites (N-methyl/N-ethyl adjacent to an activating group) is 1. The molecule has 0 atom stereocenters. The number of rotatable bonds is 5. The van der Waals surface area contributed by atoms with E-state index in [-0.39, 0.29) is 5.78 Å². The summed E-state index contributed by atoms with van der Waals surface area (Å²) in [6.45, 7) is 2.29. The number of hydrogen-bond acceptors (Lipinski definition) is 3. The maximum atomic E-state index is 11.9. The van der Waals surface area contributed by atoms with E-state index >= 15 is 0 Å². The lowest BCUT2D eigenvalue weighted by Gasteiger charge is -2.12. The van der Waals surface area contributed by atoms with Gasteiger partial charge in [0, 0.05) is 16.1 Å². The second-order valence-electron chi connectivity index (χ2n) is 3.44. The monoisotopic (exact) mass is 241 g/mol. The van der Waals surface area contributed by atoms with Gasteiger partial charge in [0.15, 0.2) is 5.78 Å². The Balaban J connectivity index is 3.24. The zero-order valence-electron chi connectivity index (χ0n) is 9.76. The quantitative estimate of drug-likeness (QED) is 0.804. The minimum absolute atomic E-state index is 0.0279. The summed E-state index contributed by atoms with van der Waals surface area (Å²) >= 11 is 5.95. The summed E-state index contributed by atoms with van der Waals surface area (Å²) in [5.74, 6) is 0.703. The molecule has 0 aromatic heterocycles. The van der Waals surface area contributed by atoms with Crippen molar-refractivity contribution in [3.8, 4) is 5.75 Å². The SMILES string of the molecule is CCc1c(OC)cc(Cl)cc1C(=O)CNC. The molecule has 0 saturated heterocycles. The lowest BCUT2D eigenvalue weighted by molar-refractivity contribution is 0.0992. The van der Waals surface area contributed by atoms with E-state index in [1.54, 1.807) is 26.3 Å². The van der Waals surface area contributed by atoms with Crippen molar-refractivity contribution in [2.45, 2.75) is 13.3 Å². The number of hydrogen-bond donors (Lipinski definition) is 1. The van der Waals surface area contributed by atoms with Crippen LogP contribution in [0.2, 0.25) is 5.02 Å². The van der Waals surface area contributed by atoms with Crippen LogP contribution >= 0.6 is 11.6 Å². The van der Waals surface area contributed by atoms with Gasteiger partial charge in [0.25, 0.3) is 0 Å². The summed E-state index contributed by atoms with van der Waals surface area (Å²) in [5, 5.41) is 3.36. The fraction of sp³-hybridized carbons (Fsp3) is 0.417. The van der Waals surface area contributed by atoms with E-state index in [0.717, 1.165) is 12.0 Å². The van der Waals surface area contributed by atoms with Crippen LogP contribution in [0.5, 0.6) is 5.75 Å². The molecule has 16 heavy (non-hydrogen) atoms. The van der Waals surface area contributed by atoms with Crippen LogP contribution in [0.15, 0.2) is 12.1 Å². The number of ether oxygens (including phenoxy) is 1. The Morgan fingerprint density at radius 1 is 1.50 bits per heavy atom. The van der Waals surface area contributed by atoms with Crippen LogP contribution in [0.1, 0.15) is 22.8 Å². The number of benzene rings is 1. The molecule has 4 heteroatoms. The Kier molecular flexibility index (Phi) is 4.77. The van der Waals surface area contributed by atoms with Crippen molar-refractivity contribution in [1.82, 2.24) is 5.32 Å². The van der Waals surface area contributed by atoms with Gasteiger partial charge in [0.05, 0.1) is 13.7 Å². The van der Waals surface area contributed by atoms with Crippen molar-refractivity contribution >= 4 is 17.4 Å². The Morgan fingerprint density at radius 3 is 2.69 bits per heavy atom. The smallest absolute Gasteiger partial charge is 0.177 e. The first kappa shape index (κ1) is 13.0. The molecule has 0 spiro atoms. The molecule has 0 bridgehead atoms. The number of methoxy groups -OCH3 is 1. The molecule has 0 aliphatic heterocycles. The highest BCUT2D eigenvalue weighted by Crippen LogP contribution is 2.28. The molecule has 0 unspecified atom stereocenters. The highest BCUT2D eigenvalue weighted by atomic mass is 35.5. The summed E-state index contributed by atoms with van der Waals surface area (Å²) in [5.41, 5.74) is 1.55. The first-order valence-electron chi connectivity index (χ1n) is 5.18. The average molecular weight is 242 g/mol. The molecular formula is C12H16ClNO2. The van der Waals surface area contributed by atoms with Crippen molar-refractivity contribution < 1.29 is 9.53 Å². The fourth-order valence-electron chi connectivity index (χ4n) is 1.66. The van der Waals surface area contributed by atoms with E-state index < -0.39 is 0 Å². The van der Waals surface area contributed by atoms with Gasteiger partial charge >= 0.3 is 0 Å². The van der Waals surface area contributed by atoms with E-state index in [1.165, 1.54) is 0 Å². The third-order valence-electron chi connectivity index (χ3n) is 2.38. The number of carbonyl (C=O) groups excluding carboxylic acids is 1. The highest BCUT2D eigenvalue weighted by molar-refractivity contribution is 6.31. The summed E-state index contributed by atoms with van der Waals surface area (Å²) in [6, 6.07) is 3.43. The first-order valence-corrected chi connectivity index (χ1v) is 5.56. The third-order valence-corrected chi connectivity index (χ3v) is 2.60. The van der Waals surface area contributed by atoms with Gasteiger partial charge in [-0.25, -0.2) is 0 Å². The first-order chi connectivity index (χ1) is 7.63. The Bertz CT molecular complexity index is 391. The summed E-state index contributed by atoms with van der Waals surface area (Å²) in [4.78, 5) is 11.9. The second kappa shape index (κ2) is 5.87. The summed E-state index contributed by atoms with van der Waals surface area (Å²) in [6.07, 6.45) is 0.741. The third kappa shape index (κ3) is 2.74. The largest absolute Gasteiger partial charge is 0.496 e. The van der Waals surface area contributed by atoms with Gasteiger partial charge in [0.1, 0.15) is 5.75 Å². The van der Waals surface area contributed by atoms with Crippen molar-refractivity contribution in [3.05, 3.63) is 28.3 Å². The normalized spacial score (nSPS) is 10.2. The van der Waals surface area contributed by atoms with E-state index in [2.05, 4.69) is 5.32 Å². The number of Topliss-reactive ketones (excluding diaryl/α,β-unsaturated/α-hetero) is 1. The van der Waals surface area contributed by atoms with Crippen molar-refractivity contribution in [2.75, 3.05) is 20.7 Å².